The van der Waals surface area contributed by atoms with Crippen molar-refractivity contribution in [2.75, 3.05) is 250 Å². The molecule has 0 aromatic heterocycles. The van der Waals surface area contributed by atoms with E-state index in [0.29, 0.717) is 131 Å². The number of β-amino-alcohol motifs (C(OH)–C–C–N with tert-alkyl or cyclic N) is 2. The van der Waals surface area contributed by atoms with Gasteiger partial charge in [0.15, 0.2) is 0 Å². The molecule has 0 saturated carbocycles. The molecule has 0 aromatic carbocycles. The summed E-state index contributed by atoms with van der Waals surface area (Å²) < 4.78 is 69.3. The van der Waals surface area contributed by atoms with Crippen LogP contribution in [0.2, 0.25) is 0 Å². The first-order valence-electron chi connectivity index (χ1n) is 35.9. The van der Waals surface area contributed by atoms with Crippen molar-refractivity contribution < 1.29 is 95.8 Å². The summed E-state index contributed by atoms with van der Waals surface area (Å²) in [5, 5.41) is 25.4. The molecule has 2 unspecified atom stereocenters. The molecular weight excluding hydrogens is 1300 g/mol. The van der Waals surface area contributed by atoms with E-state index in [4.69, 9.17) is 56.8 Å². The molecule has 2 aliphatic heterocycles. The van der Waals surface area contributed by atoms with E-state index in [2.05, 4.69) is 9.80 Å². The van der Waals surface area contributed by atoms with Crippen LogP contribution in [0.3, 0.4) is 0 Å². The van der Waals surface area contributed by atoms with E-state index in [1.807, 2.05) is 159 Å². The molecule has 0 bridgehead atoms. The molecule has 0 spiro atoms. The van der Waals surface area contributed by atoms with Crippen LogP contribution in [0.25, 0.3) is 0 Å². The lowest BCUT2D eigenvalue weighted by Crippen LogP contribution is -2.54. The van der Waals surface area contributed by atoms with Gasteiger partial charge in [0.1, 0.15) is 33.6 Å². The molecule has 0 aromatic rings. The van der Waals surface area contributed by atoms with E-state index in [9.17, 15) is 39.0 Å². The Labute approximate surface area is 600 Å². The number of carbonyl (C=O) groups excluding carboxylic acids is 6. The number of esters is 6. The summed E-state index contributed by atoms with van der Waals surface area (Å²) in [6.45, 7) is 41.8. The van der Waals surface area contributed by atoms with Crippen molar-refractivity contribution in [3.05, 3.63) is 0 Å². The Hall–Kier alpha value is -3.86. The Bertz CT molecular complexity index is 2060. The number of hydrogen-bond acceptors (Lipinski definition) is 29. The molecule has 0 radical (unpaired) electrons. The van der Waals surface area contributed by atoms with Gasteiger partial charge in [-0.2, -0.15) is 0 Å². The van der Waals surface area contributed by atoms with Gasteiger partial charge in [-0.25, -0.2) is 0 Å². The van der Waals surface area contributed by atoms with E-state index in [1.165, 1.54) is 0 Å². The summed E-state index contributed by atoms with van der Waals surface area (Å²) in [5.74, 6) is -2.43. The average molecular weight is 1440 g/mol. The third-order valence-electron chi connectivity index (χ3n) is 15.1. The molecule has 586 valence electrons. The first-order valence-corrected chi connectivity index (χ1v) is 35.9. The number of aliphatic hydroxyl groups is 2. The van der Waals surface area contributed by atoms with Crippen LogP contribution in [0.1, 0.15) is 125 Å². The topological polar surface area (TPSA) is 283 Å². The van der Waals surface area contributed by atoms with Gasteiger partial charge in [0.25, 0.3) is 0 Å². The fourth-order valence-electron chi connectivity index (χ4n) is 10.9. The van der Waals surface area contributed by atoms with Crippen molar-refractivity contribution >= 4 is 35.8 Å². The van der Waals surface area contributed by atoms with Gasteiger partial charge in [-0.1, -0.05) is 0 Å². The second-order valence-electron chi connectivity index (χ2n) is 32.1. The van der Waals surface area contributed by atoms with Crippen molar-refractivity contribution in [1.29, 1.82) is 0 Å². The molecule has 2 rings (SSSR count). The van der Waals surface area contributed by atoms with E-state index < -0.39 is 87.7 Å². The first-order chi connectivity index (χ1) is 46.5. The van der Waals surface area contributed by atoms with Gasteiger partial charge in [-0.15, -0.1) is 0 Å². The fraction of sp³-hybridized carbons (Fsp3) is 0.915. The van der Waals surface area contributed by atoms with Gasteiger partial charge in [0.2, 0.25) is 0 Å². The number of aliphatic hydroxyl groups excluding tert-OH is 2. The summed E-state index contributed by atoms with van der Waals surface area (Å²) in [6, 6.07) is -0.533. The molecule has 0 amide bonds. The minimum Gasteiger partial charge on any atom is -0.459 e. The van der Waals surface area contributed by atoms with E-state index in [1.54, 1.807) is 14.2 Å². The number of rotatable bonds is 37. The van der Waals surface area contributed by atoms with Gasteiger partial charge in [0, 0.05) is 145 Å². The number of nitrogens with zero attached hydrogens (tertiary/aromatic N) is 9. The normalized spacial score (nSPS) is 18.1. The van der Waals surface area contributed by atoms with Crippen molar-refractivity contribution in [2.45, 2.75) is 176 Å². The fourth-order valence-corrected chi connectivity index (χ4v) is 10.9. The summed E-state index contributed by atoms with van der Waals surface area (Å²) in [5.41, 5.74) is -4.38. The van der Waals surface area contributed by atoms with Crippen LogP contribution in [0.4, 0.5) is 0 Å². The maximum Gasteiger partial charge on any atom is 0.320 e. The van der Waals surface area contributed by atoms with Gasteiger partial charge in [-0.05, 0) is 125 Å². The first kappa shape index (κ1) is 92.2. The number of methoxy groups -OCH3 is 2. The van der Waals surface area contributed by atoms with Crippen molar-refractivity contribution in [3.8, 4) is 0 Å². The van der Waals surface area contributed by atoms with Gasteiger partial charge in [0.05, 0.1) is 124 Å². The Morgan fingerprint density at radius 3 is 0.670 bits per heavy atom. The minimum atomic E-state index is -1.06. The second kappa shape index (κ2) is 46.9. The van der Waals surface area contributed by atoms with Crippen LogP contribution in [0.5, 0.6) is 0 Å². The Morgan fingerprint density at radius 2 is 0.480 bits per heavy atom. The molecular formula is C71H137N9O20. The number of hydrogen-bond donors (Lipinski definition) is 2. The third-order valence-corrected chi connectivity index (χ3v) is 15.1. The molecule has 29 nitrogen and oxygen atoms in total. The average Bonchev–Trinajstić information content (AvgIpc) is 0.882. The highest BCUT2D eigenvalue weighted by molar-refractivity contribution is 5.74. The Kier molecular flexibility index (Phi) is 43.2. The molecule has 0 aliphatic carbocycles. The maximum absolute atomic E-state index is 13.6. The molecule has 2 heterocycles. The van der Waals surface area contributed by atoms with Crippen LogP contribution >= 0.6 is 0 Å². The zero-order valence-corrected chi connectivity index (χ0v) is 65.5. The molecule has 29 heteroatoms. The Morgan fingerprint density at radius 1 is 0.300 bits per heavy atom. The molecule has 2 saturated heterocycles. The third kappa shape index (κ3) is 49.7. The van der Waals surface area contributed by atoms with Crippen LogP contribution in [0.15, 0.2) is 0 Å². The molecule has 2 fully saturated rings. The van der Waals surface area contributed by atoms with Gasteiger partial charge in [-0.3, -0.25) is 72.9 Å². The monoisotopic (exact) mass is 1440 g/mol. The Balaban J connectivity index is 2.78. The van der Waals surface area contributed by atoms with Crippen molar-refractivity contribution in [2.24, 2.45) is 0 Å². The second-order valence-corrected chi connectivity index (χ2v) is 32.1. The zero-order chi connectivity index (χ0) is 75.3. The predicted octanol–water partition coefficient (Wildman–Crippen LogP) is 2.23. The summed E-state index contributed by atoms with van der Waals surface area (Å²) in [4.78, 5) is 99.3. The highest BCUT2D eigenvalue weighted by atomic mass is 16.6. The van der Waals surface area contributed by atoms with E-state index in [-0.39, 0.29) is 105 Å². The van der Waals surface area contributed by atoms with Gasteiger partial charge >= 0.3 is 35.8 Å². The van der Waals surface area contributed by atoms with E-state index in [0.717, 1.165) is 0 Å². The molecule has 2 N–H and O–H groups in total. The summed E-state index contributed by atoms with van der Waals surface area (Å²) >= 11 is 0. The largest absolute Gasteiger partial charge is 0.459 e. The lowest BCUT2D eigenvalue weighted by molar-refractivity contribution is -0.158. The van der Waals surface area contributed by atoms with Crippen LogP contribution in [-0.2, 0) is 85.6 Å². The van der Waals surface area contributed by atoms with Crippen LogP contribution in [-0.4, -0.2) is 392 Å². The molecule has 2 aliphatic rings. The number of ether oxygens (including phenoxy) is 12. The van der Waals surface area contributed by atoms with Crippen LogP contribution < -0.4 is 0 Å². The summed E-state index contributed by atoms with van der Waals surface area (Å²) in [7, 11) is 3.20. The zero-order valence-electron chi connectivity index (χ0n) is 65.5. The van der Waals surface area contributed by atoms with Crippen LogP contribution in [0, 0.1) is 0 Å². The number of carbonyl (C=O) groups is 6. The molecule has 100 heavy (non-hydrogen) atoms. The highest BCUT2D eigenvalue weighted by Crippen LogP contribution is 2.17. The molecule has 2 atom stereocenters. The van der Waals surface area contributed by atoms with E-state index >= 15 is 0 Å². The predicted molar refractivity (Wildman–Crippen MR) is 381 cm³/mol. The lowest BCUT2D eigenvalue weighted by atomic mass is 10.1. The SMILES string of the molecule is COCCOCCOCC(COCCOCCOC)N(CC(O)CN1CCN(CC(=O)OC(C)(C)C)CCN(CC(=O)OC(C)(C)C)CCN(CC(=O)OC(C)(C)C)CC1)CC(O)CN1CCN(CC(=O)OC(C)(C)C)CCN(CC(=O)OC(C)(C)C)CCN(CC(=O)OC(C)(C)C)CC1. The maximum atomic E-state index is 13.6. The quantitative estimate of drug-likeness (QED) is 0.0512. The van der Waals surface area contributed by atoms with Gasteiger partial charge < -0.3 is 67.1 Å². The summed E-state index contributed by atoms with van der Waals surface area (Å²) in [6.07, 6.45) is -2.11. The van der Waals surface area contributed by atoms with Crippen molar-refractivity contribution in [3.63, 3.8) is 0 Å². The smallest absolute Gasteiger partial charge is 0.320 e. The minimum absolute atomic E-state index is 0.0114. The lowest BCUT2D eigenvalue weighted by Gasteiger charge is -2.38. The highest BCUT2D eigenvalue weighted by Gasteiger charge is 2.32. The standard InChI is InChI=1S/C71H137N9O20/c1-66(2,3)95-60(83)49-74-25-21-72(22-26-75(50-61(84)96-67(4,5)6)30-34-78(33-29-74)53-64(87)99-70(13,14)15)45-58(81)47-80(57(55-93-43-41-91-39-37-89-19)56-94-44-42-92-40-38-90-20)48-59(82)46-73-23-27-76(51-62(85)97-68(7,8)9)31-35-79(54-65(88)100-71(16,17)18)36-32-77(28-24-73)52-63(86)98-69(10,11)12/h57-59,81-82H,21-56H2,1-20H3. The van der Waals surface area contributed by atoms with Crippen molar-refractivity contribution in [1.82, 2.24) is 44.1 Å².